The summed E-state index contributed by atoms with van der Waals surface area (Å²) >= 11 is 8.14. The summed E-state index contributed by atoms with van der Waals surface area (Å²) in [6, 6.07) is 40.4. The maximum atomic E-state index is 6.46. The van der Waals surface area contributed by atoms with E-state index in [4.69, 9.17) is 31.8 Å². The smallest absolute Gasteiger partial charge is 0.240 e. The summed E-state index contributed by atoms with van der Waals surface area (Å²) in [4.78, 5) is 11.4. The zero-order valence-electron chi connectivity index (χ0n) is 23.5. The average molecular weight is 609 g/mol. The fourth-order valence-electron chi connectivity index (χ4n) is 5.70. The van der Waals surface area contributed by atoms with Crippen LogP contribution in [0.15, 0.2) is 138 Å². The van der Waals surface area contributed by atoms with E-state index in [2.05, 4.69) is 60.1 Å². The summed E-state index contributed by atoms with van der Waals surface area (Å²) in [7, 11) is 0. The molecule has 8 rings (SSSR count). The number of hydrogen-bond acceptors (Lipinski definition) is 6. The molecule has 0 N–H and O–H groups in total. The van der Waals surface area contributed by atoms with E-state index in [1.165, 1.54) is 0 Å². The van der Waals surface area contributed by atoms with Crippen LogP contribution in [0.5, 0.6) is 0 Å². The van der Waals surface area contributed by atoms with Crippen LogP contribution in [0.1, 0.15) is 22.9 Å². The van der Waals surface area contributed by atoms with E-state index in [9.17, 15) is 0 Å². The summed E-state index contributed by atoms with van der Waals surface area (Å²) in [6.45, 7) is 0. The predicted molar refractivity (Wildman–Crippen MR) is 180 cm³/mol. The monoisotopic (exact) mass is 608 g/mol. The van der Waals surface area contributed by atoms with Crippen molar-refractivity contribution in [2.45, 2.75) is 12.5 Å². The molecule has 44 heavy (non-hydrogen) atoms. The molecule has 1 aliphatic heterocycles. The van der Waals surface area contributed by atoms with Crippen molar-refractivity contribution in [3.8, 4) is 28.2 Å². The van der Waals surface area contributed by atoms with Gasteiger partial charge in [-0.25, -0.2) is 19.7 Å². The minimum Gasteiger partial charge on any atom is -0.240 e. The first-order valence-electron chi connectivity index (χ1n) is 14.3. The van der Waals surface area contributed by atoms with Gasteiger partial charge in [-0.3, -0.25) is 0 Å². The number of hydrazone groups is 1. The molecule has 3 aromatic heterocycles. The van der Waals surface area contributed by atoms with Gasteiger partial charge in [0.05, 0.1) is 39.2 Å². The second kappa shape index (κ2) is 11.2. The molecular weight excluding hydrogens is 584 g/mol. The molecule has 0 spiro atoms. The SMILES string of the molecule is Clc1ccc2nc(N3N=C(c4cccs4)CC3c3cn(-c4ccccc4)nc3-c3ccccc3)nc(-c3ccccc3)c2c1. The number of halogens is 1. The Balaban J connectivity index is 1.34. The van der Waals surface area contributed by atoms with E-state index in [1.807, 2.05) is 82.5 Å². The maximum absolute atomic E-state index is 6.46. The van der Waals surface area contributed by atoms with Crippen LogP contribution in [0.4, 0.5) is 5.95 Å². The third-order valence-corrected chi connectivity index (χ3v) is 8.94. The maximum Gasteiger partial charge on any atom is 0.247 e. The molecule has 0 bridgehead atoms. The summed E-state index contributed by atoms with van der Waals surface area (Å²) in [5.74, 6) is 0.529. The van der Waals surface area contributed by atoms with Crippen molar-refractivity contribution in [1.29, 1.82) is 0 Å². The van der Waals surface area contributed by atoms with Gasteiger partial charge in [-0.2, -0.15) is 10.2 Å². The van der Waals surface area contributed by atoms with E-state index < -0.39 is 0 Å². The number of thiophene rings is 1. The van der Waals surface area contributed by atoms with Crippen LogP contribution in [0.25, 0.3) is 39.1 Å². The number of para-hydroxylation sites is 1. The lowest BCUT2D eigenvalue weighted by atomic mass is 9.98. The molecule has 0 amide bonds. The van der Waals surface area contributed by atoms with Gasteiger partial charge >= 0.3 is 0 Å². The molecule has 0 aliphatic carbocycles. The summed E-state index contributed by atoms with van der Waals surface area (Å²) in [5, 5.41) is 15.9. The lowest BCUT2D eigenvalue weighted by Crippen LogP contribution is -2.21. The fourth-order valence-corrected chi connectivity index (χ4v) is 6.59. The largest absolute Gasteiger partial charge is 0.247 e. The van der Waals surface area contributed by atoms with E-state index in [1.54, 1.807) is 11.3 Å². The Morgan fingerprint density at radius 1 is 0.727 bits per heavy atom. The Kier molecular flexibility index (Phi) is 6.74. The lowest BCUT2D eigenvalue weighted by Gasteiger charge is -2.23. The Morgan fingerprint density at radius 2 is 1.43 bits per heavy atom. The molecule has 4 heterocycles. The van der Waals surface area contributed by atoms with Crippen LogP contribution in [-0.2, 0) is 0 Å². The van der Waals surface area contributed by atoms with Crippen LogP contribution >= 0.6 is 22.9 Å². The molecule has 6 nitrogen and oxygen atoms in total. The molecule has 0 saturated heterocycles. The number of rotatable bonds is 6. The van der Waals surface area contributed by atoms with Crippen molar-refractivity contribution in [3.05, 3.63) is 148 Å². The average Bonchev–Trinajstić information content (AvgIpc) is 3.86. The second-order valence-corrected chi connectivity index (χ2v) is 12.0. The number of hydrogen-bond donors (Lipinski definition) is 0. The zero-order valence-corrected chi connectivity index (χ0v) is 25.0. The Labute approximate surface area is 263 Å². The first kappa shape index (κ1) is 26.5. The van der Waals surface area contributed by atoms with Gasteiger partial charge in [0.15, 0.2) is 0 Å². The summed E-state index contributed by atoms with van der Waals surface area (Å²) in [6.07, 6.45) is 2.81. The van der Waals surface area contributed by atoms with Crippen LogP contribution in [0, 0.1) is 0 Å². The molecule has 0 radical (unpaired) electrons. The van der Waals surface area contributed by atoms with Crippen LogP contribution in [0.3, 0.4) is 0 Å². The van der Waals surface area contributed by atoms with E-state index in [0.29, 0.717) is 17.4 Å². The van der Waals surface area contributed by atoms with Gasteiger partial charge in [-0.1, -0.05) is 96.5 Å². The molecule has 8 heteroatoms. The normalized spacial score (nSPS) is 14.7. The molecule has 4 aromatic carbocycles. The van der Waals surface area contributed by atoms with Crippen LogP contribution in [0.2, 0.25) is 5.02 Å². The third kappa shape index (κ3) is 4.86. The van der Waals surface area contributed by atoms with Crippen molar-refractivity contribution in [1.82, 2.24) is 19.7 Å². The minimum atomic E-state index is -0.187. The van der Waals surface area contributed by atoms with Gasteiger partial charge in [0.25, 0.3) is 0 Å². The molecule has 1 unspecified atom stereocenters. The highest BCUT2D eigenvalue weighted by Crippen LogP contribution is 2.41. The number of aromatic nitrogens is 4. The quantitative estimate of drug-likeness (QED) is 0.189. The molecule has 0 fully saturated rings. The van der Waals surface area contributed by atoms with Gasteiger partial charge in [-0.05, 0) is 41.8 Å². The van der Waals surface area contributed by atoms with Crippen molar-refractivity contribution in [3.63, 3.8) is 0 Å². The highest BCUT2D eigenvalue weighted by atomic mass is 35.5. The molecule has 7 aromatic rings. The molecule has 1 aliphatic rings. The molecule has 0 saturated carbocycles. The first-order chi connectivity index (χ1) is 21.7. The van der Waals surface area contributed by atoms with Gasteiger partial charge in [0.2, 0.25) is 5.95 Å². The Bertz CT molecular complexity index is 2110. The number of benzene rings is 4. The van der Waals surface area contributed by atoms with Crippen LogP contribution in [-0.4, -0.2) is 25.5 Å². The summed E-state index contributed by atoms with van der Waals surface area (Å²) < 4.78 is 1.96. The van der Waals surface area contributed by atoms with Gasteiger partial charge in [0, 0.05) is 39.7 Å². The first-order valence-corrected chi connectivity index (χ1v) is 15.6. The fraction of sp³-hybridized carbons (Fsp3) is 0.0556. The Morgan fingerprint density at radius 3 is 2.14 bits per heavy atom. The van der Waals surface area contributed by atoms with Gasteiger partial charge in [-0.15, -0.1) is 11.3 Å². The van der Waals surface area contributed by atoms with Crippen LogP contribution < -0.4 is 5.01 Å². The highest BCUT2D eigenvalue weighted by Gasteiger charge is 2.36. The van der Waals surface area contributed by atoms with Crippen molar-refractivity contribution in [2.75, 3.05) is 5.01 Å². The topological polar surface area (TPSA) is 59.2 Å². The second-order valence-electron chi connectivity index (χ2n) is 10.6. The third-order valence-electron chi connectivity index (χ3n) is 7.78. The van der Waals surface area contributed by atoms with Crippen molar-refractivity contribution < 1.29 is 0 Å². The number of nitrogens with zero attached hydrogens (tertiary/aromatic N) is 6. The van der Waals surface area contributed by atoms with Gasteiger partial charge < -0.3 is 0 Å². The van der Waals surface area contributed by atoms with E-state index in [0.717, 1.165) is 55.3 Å². The molecule has 1 atom stereocenters. The van der Waals surface area contributed by atoms with E-state index in [-0.39, 0.29) is 6.04 Å². The van der Waals surface area contributed by atoms with Gasteiger partial charge in [0.1, 0.15) is 0 Å². The number of fused-ring (bicyclic) bond motifs is 1. The lowest BCUT2D eigenvalue weighted by molar-refractivity contribution is 0.690. The number of anilines is 1. The predicted octanol–water partition coefficient (Wildman–Crippen LogP) is 9.22. The summed E-state index contributed by atoms with van der Waals surface area (Å²) in [5.41, 5.74) is 7.60. The molecule has 212 valence electrons. The molecular formula is C36H25ClN6S. The minimum absolute atomic E-state index is 0.187. The van der Waals surface area contributed by atoms with E-state index >= 15 is 0 Å². The Hall–Kier alpha value is -5.11. The van der Waals surface area contributed by atoms with Crippen molar-refractivity contribution in [2.24, 2.45) is 5.10 Å². The highest BCUT2D eigenvalue weighted by molar-refractivity contribution is 7.12. The van der Waals surface area contributed by atoms with Crippen molar-refractivity contribution >= 4 is 45.5 Å². The standard InChI is InChI=1S/C36H25ClN6S/c37-26-18-19-30-28(21-26)34(24-11-4-1-5-12-24)39-36(38-30)43-32(22-31(40-43)33-17-10-20-44-33)29-23-42(27-15-8-3-9-16-27)41-35(29)25-13-6-2-7-14-25/h1-21,23,32H,22H2. The zero-order chi connectivity index (χ0) is 29.5.